The summed E-state index contributed by atoms with van der Waals surface area (Å²) in [5.74, 6) is 1.82. The lowest BCUT2D eigenvalue weighted by Crippen LogP contribution is -2.23. The van der Waals surface area contributed by atoms with Crippen LogP contribution in [0.25, 0.3) is 0 Å². The lowest BCUT2D eigenvalue weighted by molar-refractivity contribution is 0.179. The number of aliphatic hydroxyl groups excluding tert-OH is 1. The molecule has 1 heterocycles. The third kappa shape index (κ3) is 5.15. The largest absolute Gasteiger partial charge is 0.493 e. The summed E-state index contributed by atoms with van der Waals surface area (Å²) in [4.78, 5) is 0.746. The lowest BCUT2D eigenvalue weighted by atomic mass is 10.1. The first-order chi connectivity index (χ1) is 12.0. The first-order valence-electron chi connectivity index (χ1n) is 7.62. The second kappa shape index (κ2) is 9.50. The first-order valence-corrected chi connectivity index (χ1v) is 9.19. The van der Waals surface area contributed by atoms with Crippen LogP contribution in [0.1, 0.15) is 16.5 Å². The SMILES string of the molecule is COc1cc(CCNCC(O)c2cc(Cl)c(Cl)s2)cc(OC)c1OC. The van der Waals surface area contributed by atoms with Crippen molar-refractivity contribution in [2.45, 2.75) is 12.5 Å². The molecule has 2 N–H and O–H groups in total. The number of thiophene rings is 1. The van der Waals surface area contributed by atoms with Gasteiger partial charge in [-0.05, 0) is 36.7 Å². The second-order valence-corrected chi connectivity index (χ2v) is 7.37. The van der Waals surface area contributed by atoms with Crippen molar-refractivity contribution in [2.24, 2.45) is 0 Å². The topological polar surface area (TPSA) is 60.0 Å². The summed E-state index contributed by atoms with van der Waals surface area (Å²) in [6.45, 7) is 1.10. The predicted octanol–water partition coefficient (Wildman–Crippen LogP) is 3.95. The quantitative estimate of drug-likeness (QED) is 0.618. The van der Waals surface area contributed by atoms with Crippen LogP contribution in [0.3, 0.4) is 0 Å². The minimum absolute atomic E-state index is 0.414. The van der Waals surface area contributed by atoms with Crippen LogP contribution in [0, 0.1) is 0 Å². The molecule has 5 nitrogen and oxygen atoms in total. The van der Waals surface area contributed by atoms with Crippen LogP contribution >= 0.6 is 34.5 Å². The van der Waals surface area contributed by atoms with Crippen molar-refractivity contribution in [3.8, 4) is 17.2 Å². The number of hydrogen-bond acceptors (Lipinski definition) is 6. The summed E-state index contributed by atoms with van der Waals surface area (Å²) in [6, 6.07) is 5.52. The molecule has 1 atom stereocenters. The average Bonchev–Trinajstić information content (AvgIpc) is 2.96. The van der Waals surface area contributed by atoms with Crippen molar-refractivity contribution >= 4 is 34.5 Å². The molecule has 8 heteroatoms. The van der Waals surface area contributed by atoms with E-state index < -0.39 is 6.10 Å². The fourth-order valence-electron chi connectivity index (χ4n) is 2.38. The highest BCUT2D eigenvalue weighted by molar-refractivity contribution is 7.17. The maximum Gasteiger partial charge on any atom is 0.203 e. The molecule has 0 aliphatic heterocycles. The third-order valence-electron chi connectivity index (χ3n) is 3.65. The van der Waals surface area contributed by atoms with E-state index in [4.69, 9.17) is 37.4 Å². The standard InChI is InChI=1S/C17H21Cl2NO4S/c1-22-13-6-10(7-14(23-2)16(13)24-3)4-5-20-9-12(21)15-8-11(18)17(19)25-15/h6-8,12,20-21H,4-5,9H2,1-3H3. The number of nitrogens with one attached hydrogen (secondary N) is 1. The fourth-order valence-corrected chi connectivity index (χ4v) is 3.76. The highest BCUT2D eigenvalue weighted by Crippen LogP contribution is 2.38. The Morgan fingerprint density at radius 1 is 1.08 bits per heavy atom. The highest BCUT2D eigenvalue weighted by atomic mass is 35.5. The Morgan fingerprint density at radius 2 is 1.72 bits per heavy atom. The highest BCUT2D eigenvalue weighted by Gasteiger charge is 2.14. The Kier molecular flexibility index (Phi) is 7.65. The van der Waals surface area contributed by atoms with E-state index in [1.807, 2.05) is 12.1 Å². The molecule has 0 bridgehead atoms. The van der Waals surface area contributed by atoms with Gasteiger partial charge in [0.05, 0.1) is 26.4 Å². The maximum atomic E-state index is 10.2. The molecule has 0 fully saturated rings. The Labute approximate surface area is 161 Å². The monoisotopic (exact) mass is 405 g/mol. The van der Waals surface area contributed by atoms with E-state index in [0.29, 0.717) is 39.7 Å². The van der Waals surface area contributed by atoms with Crippen molar-refractivity contribution < 1.29 is 19.3 Å². The van der Waals surface area contributed by atoms with E-state index in [9.17, 15) is 5.11 Å². The van der Waals surface area contributed by atoms with Gasteiger partial charge in [-0.1, -0.05) is 23.2 Å². The van der Waals surface area contributed by atoms with Crippen molar-refractivity contribution in [1.29, 1.82) is 0 Å². The summed E-state index contributed by atoms with van der Waals surface area (Å²) in [7, 11) is 4.76. The second-order valence-electron chi connectivity index (χ2n) is 5.27. The van der Waals surface area contributed by atoms with Crippen molar-refractivity contribution in [2.75, 3.05) is 34.4 Å². The average molecular weight is 406 g/mol. The molecule has 1 aromatic carbocycles. The predicted molar refractivity (Wildman–Crippen MR) is 102 cm³/mol. The molecule has 1 aromatic heterocycles. The van der Waals surface area contributed by atoms with E-state index in [0.717, 1.165) is 16.9 Å². The summed E-state index contributed by atoms with van der Waals surface area (Å²) >= 11 is 13.1. The van der Waals surface area contributed by atoms with Crippen LogP contribution in [0.15, 0.2) is 18.2 Å². The number of hydrogen-bond donors (Lipinski definition) is 2. The van der Waals surface area contributed by atoms with Gasteiger partial charge in [-0.25, -0.2) is 0 Å². The van der Waals surface area contributed by atoms with Gasteiger partial charge in [-0.2, -0.15) is 0 Å². The van der Waals surface area contributed by atoms with Gasteiger partial charge in [-0.15, -0.1) is 11.3 Å². The minimum Gasteiger partial charge on any atom is -0.493 e. The summed E-state index contributed by atoms with van der Waals surface area (Å²) in [5, 5.41) is 13.9. The van der Waals surface area contributed by atoms with Gasteiger partial charge in [0.15, 0.2) is 11.5 Å². The smallest absolute Gasteiger partial charge is 0.203 e. The molecule has 2 rings (SSSR count). The summed E-state index contributed by atoms with van der Waals surface area (Å²) in [5.41, 5.74) is 1.04. The molecule has 0 aliphatic rings. The Hall–Kier alpha value is -1.18. The van der Waals surface area contributed by atoms with E-state index in [1.54, 1.807) is 27.4 Å². The number of methoxy groups -OCH3 is 3. The molecule has 0 saturated heterocycles. The molecule has 0 radical (unpaired) electrons. The van der Waals surface area contributed by atoms with Crippen LogP contribution in [0.4, 0.5) is 0 Å². The maximum absolute atomic E-state index is 10.2. The van der Waals surface area contributed by atoms with Crippen LogP contribution in [-0.2, 0) is 6.42 Å². The molecule has 25 heavy (non-hydrogen) atoms. The zero-order valence-electron chi connectivity index (χ0n) is 14.3. The Morgan fingerprint density at radius 3 is 2.20 bits per heavy atom. The van der Waals surface area contributed by atoms with E-state index >= 15 is 0 Å². The van der Waals surface area contributed by atoms with Gasteiger partial charge in [0.1, 0.15) is 10.4 Å². The van der Waals surface area contributed by atoms with Crippen molar-refractivity contribution in [3.63, 3.8) is 0 Å². The van der Waals surface area contributed by atoms with E-state index in [-0.39, 0.29) is 0 Å². The molecule has 0 aliphatic carbocycles. The molecule has 2 aromatic rings. The van der Waals surface area contributed by atoms with Gasteiger partial charge >= 0.3 is 0 Å². The lowest BCUT2D eigenvalue weighted by Gasteiger charge is -2.14. The normalized spacial score (nSPS) is 12.1. The minimum atomic E-state index is -0.644. The molecule has 138 valence electrons. The van der Waals surface area contributed by atoms with Gasteiger partial charge in [0.2, 0.25) is 5.75 Å². The molecule has 0 amide bonds. The van der Waals surface area contributed by atoms with Gasteiger partial charge < -0.3 is 24.6 Å². The van der Waals surface area contributed by atoms with Gasteiger partial charge in [0.25, 0.3) is 0 Å². The van der Waals surface area contributed by atoms with Gasteiger partial charge in [-0.3, -0.25) is 0 Å². The summed E-state index contributed by atoms with van der Waals surface area (Å²) < 4.78 is 16.5. The van der Waals surface area contributed by atoms with E-state index in [2.05, 4.69) is 5.32 Å². The van der Waals surface area contributed by atoms with E-state index in [1.165, 1.54) is 11.3 Å². The number of aliphatic hydroxyl groups is 1. The molecular weight excluding hydrogens is 385 g/mol. The zero-order valence-corrected chi connectivity index (χ0v) is 16.6. The molecular formula is C17H21Cl2NO4S. The Bertz CT molecular complexity index is 663. The van der Waals surface area contributed by atoms with Crippen LogP contribution in [-0.4, -0.2) is 39.5 Å². The number of benzene rings is 1. The van der Waals surface area contributed by atoms with Crippen LogP contribution in [0.5, 0.6) is 17.2 Å². The Balaban J connectivity index is 1.91. The summed E-state index contributed by atoms with van der Waals surface area (Å²) in [6.07, 6.45) is 0.102. The van der Waals surface area contributed by atoms with Crippen molar-refractivity contribution in [3.05, 3.63) is 38.0 Å². The molecule has 0 spiro atoms. The number of ether oxygens (including phenoxy) is 3. The van der Waals surface area contributed by atoms with Gasteiger partial charge in [0, 0.05) is 11.4 Å². The van der Waals surface area contributed by atoms with Crippen molar-refractivity contribution in [1.82, 2.24) is 5.32 Å². The first kappa shape index (κ1) is 20.1. The number of rotatable bonds is 9. The fraction of sp³-hybridized carbons (Fsp3) is 0.412. The molecule has 0 saturated carbocycles. The molecule has 1 unspecified atom stereocenters. The van der Waals surface area contributed by atoms with Crippen LogP contribution in [0.2, 0.25) is 9.36 Å². The van der Waals surface area contributed by atoms with Crippen LogP contribution < -0.4 is 19.5 Å². The zero-order chi connectivity index (χ0) is 18.4. The number of halogens is 2. The third-order valence-corrected chi connectivity index (χ3v) is 5.61.